The van der Waals surface area contributed by atoms with Crippen LogP contribution >= 0.6 is 0 Å². The lowest BCUT2D eigenvalue weighted by Crippen LogP contribution is -2.51. The van der Waals surface area contributed by atoms with E-state index in [1.807, 2.05) is 51.1 Å². The first-order valence-electron chi connectivity index (χ1n) is 8.97. The molecule has 1 aromatic rings. The van der Waals surface area contributed by atoms with Gasteiger partial charge in [0.05, 0.1) is 18.7 Å². The van der Waals surface area contributed by atoms with Gasteiger partial charge in [-0.3, -0.25) is 4.90 Å². The van der Waals surface area contributed by atoms with Gasteiger partial charge in [0.15, 0.2) is 0 Å². The molecule has 1 saturated heterocycles. The number of carbonyl (C=O) groups is 2. The van der Waals surface area contributed by atoms with Crippen molar-refractivity contribution in [2.45, 2.75) is 64.5 Å². The third kappa shape index (κ3) is 4.89. The van der Waals surface area contributed by atoms with Crippen molar-refractivity contribution in [1.82, 2.24) is 4.90 Å². The standard InChI is InChI=1S/C21H29NO5/c1-14(18(23)25-7)17-16(13-15-11-9-8-10-12-15)22(21(5,6)26-17)19(24)27-20(2,3)4/h8-12,16-17H,1,13H2,2-7H3/t16-,17+/m0/s1. The van der Waals surface area contributed by atoms with E-state index in [-0.39, 0.29) is 5.57 Å². The van der Waals surface area contributed by atoms with Crippen LogP contribution in [0.3, 0.4) is 0 Å². The quantitative estimate of drug-likeness (QED) is 0.593. The van der Waals surface area contributed by atoms with Gasteiger partial charge in [-0.15, -0.1) is 0 Å². The highest BCUT2D eigenvalue weighted by atomic mass is 16.6. The maximum atomic E-state index is 13.0. The van der Waals surface area contributed by atoms with Crippen LogP contribution in [-0.4, -0.2) is 47.5 Å². The second-order valence-electron chi connectivity index (χ2n) is 8.11. The molecule has 1 amide bonds. The first-order chi connectivity index (χ1) is 12.5. The van der Waals surface area contributed by atoms with Crippen LogP contribution in [0, 0.1) is 0 Å². The number of hydrogen-bond acceptors (Lipinski definition) is 5. The average molecular weight is 375 g/mol. The lowest BCUT2D eigenvalue weighted by atomic mass is 9.96. The monoisotopic (exact) mass is 375 g/mol. The molecule has 148 valence electrons. The van der Waals surface area contributed by atoms with Gasteiger partial charge in [-0.1, -0.05) is 36.9 Å². The molecular formula is C21H29NO5. The van der Waals surface area contributed by atoms with E-state index in [0.717, 1.165) is 5.56 Å². The molecule has 2 rings (SSSR count). The number of benzene rings is 1. The molecule has 27 heavy (non-hydrogen) atoms. The van der Waals surface area contributed by atoms with E-state index in [1.54, 1.807) is 18.7 Å². The van der Waals surface area contributed by atoms with Crippen LogP contribution in [0.15, 0.2) is 42.5 Å². The van der Waals surface area contributed by atoms with E-state index in [1.165, 1.54) is 7.11 Å². The second kappa shape index (κ2) is 7.72. The van der Waals surface area contributed by atoms with E-state index >= 15 is 0 Å². The number of nitrogens with zero attached hydrogens (tertiary/aromatic N) is 1. The number of hydrogen-bond donors (Lipinski definition) is 0. The molecule has 0 saturated carbocycles. The van der Waals surface area contributed by atoms with Crippen LogP contribution in [0.25, 0.3) is 0 Å². The highest BCUT2D eigenvalue weighted by Gasteiger charge is 2.52. The van der Waals surface area contributed by atoms with Crippen molar-refractivity contribution >= 4 is 12.1 Å². The SMILES string of the molecule is C=C(C(=O)OC)[C@H]1OC(C)(C)N(C(=O)OC(C)(C)C)[C@H]1Cc1ccccc1. The van der Waals surface area contributed by atoms with E-state index in [4.69, 9.17) is 14.2 Å². The minimum atomic E-state index is -0.969. The minimum absolute atomic E-state index is 0.178. The van der Waals surface area contributed by atoms with Crippen LogP contribution in [-0.2, 0) is 25.4 Å². The van der Waals surface area contributed by atoms with Crippen molar-refractivity contribution in [2.75, 3.05) is 7.11 Å². The van der Waals surface area contributed by atoms with Crippen LogP contribution < -0.4 is 0 Å². The fourth-order valence-electron chi connectivity index (χ4n) is 3.25. The Bertz CT molecular complexity index is 705. The Morgan fingerprint density at radius 3 is 2.33 bits per heavy atom. The van der Waals surface area contributed by atoms with E-state index in [9.17, 15) is 9.59 Å². The lowest BCUT2D eigenvalue weighted by molar-refractivity contribution is -0.138. The van der Waals surface area contributed by atoms with Crippen molar-refractivity contribution in [3.05, 3.63) is 48.0 Å². The Balaban J connectivity index is 2.42. The zero-order valence-corrected chi connectivity index (χ0v) is 16.9. The first-order valence-corrected chi connectivity index (χ1v) is 8.97. The van der Waals surface area contributed by atoms with E-state index < -0.39 is 35.5 Å². The Hall–Kier alpha value is -2.34. The minimum Gasteiger partial charge on any atom is -0.466 e. The molecule has 1 aliphatic heterocycles. The number of rotatable bonds is 4. The molecule has 1 heterocycles. The van der Waals surface area contributed by atoms with Crippen LogP contribution in [0.5, 0.6) is 0 Å². The fraction of sp³-hybridized carbons (Fsp3) is 0.524. The molecule has 2 atom stereocenters. The van der Waals surface area contributed by atoms with Crippen molar-refractivity contribution < 1.29 is 23.8 Å². The fourth-order valence-corrected chi connectivity index (χ4v) is 3.25. The lowest BCUT2D eigenvalue weighted by Gasteiger charge is -2.35. The maximum Gasteiger partial charge on any atom is 0.412 e. The number of esters is 1. The molecule has 0 unspecified atom stereocenters. The molecule has 1 aliphatic rings. The summed E-state index contributed by atoms with van der Waals surface area (Å²) in [4.78, 5) is 26.6. The Kier molecular flexibility index (Phi) is 6.00. The van der Waals surface area contributed by atoms with Gasteiger partial charge in [-0.25, -0.2) is 9.59 Å². The number of carbonyl (C=O) groups excluding carboxylic acids is 2. The number of methoxy groups -OCH3 is 1. The molecule has 0 aromatic heterocycles. The van der Waals surface area contributed by atoms with Crippen molar-refractivity contribution in [2.24, 2.45) is 0 Å². The third-order valence-electron chi connectivity index (χ3n) is 4.35. The molecule has 1 aromatic carbocycles. The predicted octanol–water partition coefficient (Wildman–Crippen LogP) is 3.70. The van der Waals surface area contributed by atoms with Crippen LogP contribution in [0.2, 0.25) is 0 Å². The largest absolute Gasteiger partial charge is 0.466 e. The van der Waals surface area contributed by atoms with Gasteiger partial charge in [-0.2, -0.15) is 0 Å². The summed E-state index contributed by atoms with van der Waals surface area (Å²) in [5.74, 6) is -0.556. The number of amides is 1. The molecule has 0 bridgehead atoms. The molecule has 0 spiro atoms. The predicted molar refractivity (Wildman–Crippen MR) is 102 cm³/mol. The summed E-state index contributed by atoms with van der Waals surface area (Å²) < 4.78 is 16.5. The molecular weight excluding hydrogens is 346 g/mol. The Morgan fingerprint density at radius 1 is 1.22 bits per heavy atom. The summed E-state index contributed by atoms with van der Waals surface area (Å²) in [7, 11) is 1.30. The Labute approximate surface area is 161 Å². The van der Waals surface area contributed by atoms with Crippen molar-refractivity contribution in [1.29, 1.82) is 0 Å². The summed E-state index contributed by atoms with van der Waals surface area (Å²) in [5.41, 5.74) is -0.428. The molecule has 1 fully saturated rings. The van der Waals surface area contributed by atoms with Gasteiger partial charge in [0.1, 0.15) is 17.4 Å². The van der Waals surface area contributed by atoms with Gasteiger partial charge in [-0.05, 0) is 46.6 Å². The third-order valence-corrected chi connectivity index (χ3v) is 4.35. The van der Waals surface area contributed by atoms with Crippen LogP contribution in [0.1, 0.15) is 40.2 Å². The summed E-state index contributed by atoms with van der Waals surface area (Å²) in [6.07, 6.45) is -0.696. The van der Waals surface area contributed by atoms with Gasteiger partial charge >= 0.3 is 12.1 Å². The molecule has 6 heteroatoms. The topological polar surface area (TPSA) is 65.1 Å². The van der Waals surface area contributed by atoms with Crippen LogP contribution in [0.4, 0.5) is 4.79 Å². The van der Waals surface area contributed by atoms with Crippen molar-refractivity contribution in [3.63, 3.8) is 0 Å². The summed E-state index contributed by atoms with van der Waals surface area (Å²) in [6, 6.07) is 9.27. The molecule has 0 N–H and O–H groups in total. The second-order valence-corrected chi connectivity index (χ2v) is 8.11. The number of ether oxygens (including phenoxy) is 3. The van der Waals surface area contributed by atoms with Gasteiger partial charge < -0.3 is 14.2 Å². The molecule has 0 radical (unpaired) electrons. The first kappa shape index (κ1) is 21.0. The average Bonchev–Trinajstić information content (AvgIpc) is 2.83. The highest BCUT2D eigenvalue weighted by Crippen LogP contribution is 2.38. The van der Waals surface area contributed by atoms with E-state index in [2.05, 4.69) is 6.58 Å². The van der Waals surface area contributed by atoms with Gasteiger partial charge in [0.25, 0.3) is 0 Å². The van der Waals surface area contributed by atoms with Gasteiger partial charge in [0, 0.05) is 0 Å². The smallest absolute Gasteiger partial charge is 0.412 e. The zero-order chi connectivity index (χ0) is 20.4. The van der Waals surface area contributed by atoms with Gasteiger partial charge in [0.2, 0.25) is 0 Å². The van der Waals surface area contributed by atoms with Crippen molar-refractivity contribution in [3.8, 4) is 0 Å². The zero-order valence-electron chi connectivity index (χ0n) is 16.9. The summed E-state index contributed by atoms with van der Waals surface area (Å²) >= 11 is 0. The van der Waals surface area contributed by atoms with E-state index in [0.29, 0.717) is 6.42 Å². The maximum absolute atomic E-state index is 13.0. The molecule has 6 nitrogen and oxygen atoms in total. The molecule has 0 aliphatic carbocycles. The normalized spacial score (nSPS) is 21.6. The summed E-state index contributed by atoms with van der Waals surface area (Å²) in [6.45, 7) is 12.8. The Morgan fingerprint density at radius 2 is 1.81 bits per heavy atom. The highest BCUT2D eigenvalue weighted by molar-refractivity contribution is 5.89. The summed E-state index contributed by atoms with van der Waals surface area (Å²) in [5, 5.41) is 0.